The highest BCUT2D eigenvalue weighted by atomic mass is 16.2. The lowest BCUT2D eigenvalue weighted by molar-refractivity contribution is -0.124. The van der Waals surface area contributed by atoms with E-state index in [1.807, 2.05) is 0 Å². The van der Waals surface area contributed by atoms with Gasteiger partial charge in [0.25, 0.3) is 0 Å². The van der Waals surface area contributed by atoms with Gasteiger partial charge in [0, 0.05) is 23.3 Å². The second kappa shape index (κ2) is 4.59. The Morgan fingerprint density at radius 1 is 1.27 bits per heavy atom. The fourth-order valence-corrected chi connectivity index (χ4v) is 4.06. The Morgan fingerprint density at radius 3 is 2.73 bits per heavy atom. The smallest absolute Gasteiger partial charge is 0.224 e. The number of aryl methyl sites for hydroxylation is 1. The fraction of sp³-hybridized carbons (Fsp3) is 0.500. The molecule has 1 amide bonds. The van der Waals surface area contributed by atoms with Crippen molar-refractivity contribution in [3.8, 4) is 0 Å². The van der Waals surface area contributed by atoms with E-state index in [-0.39, 0.29) is 17.4 Å². The van der Waals surface area contributed by atoms with Gasteiger partial charge in [0.2, 0.25) is 5.91 Å². The van der Waals surface area contributed by atoms with Crippen molar-refractivity contribution in [1.82, 2.24) is 15.0 Å². The van der Waals surface area contributed by atoms with Crippen LogP contribution in [0.4, 0.5) is 0 Å². The molecule has 0 bridgehead atoms. The molecule has 2 aromatic heterocycles. The molecule has 1 saturated heterocycles. The topological polar surface area (TPSA) is 45.5 Å². The third kappa shape index (κ3) is 1.97. The minimum atomic E-state index is -0.373. The van der Waals surface area contributed by atoms with Gasteiger partial charge in [-0.05, 0) is 69.5 Å². The summed E-state index contributed by atoms with van der Waals surface area (Å²) < 4.78 is 2.19. The molecule has 0 aromatic carbocycles. The van der Waals surface area contributed by atoms with E-state index in [1.165, 1.54) is 11.1 Å². The summed E-state index contributed by atoms with van der Waals surface area (Å²) in [5, 5.41) is 6.62. The number of hydrogen-bond donors (Lipinski definition) is 2. The zero-order chi connectivity index (χ0) is 15.5. The molecule has 22 heavy (non-hydrogen) atoms. The Kier molecular flexibility index (Phi) is 2.89. The van der Waals surface area contributed by atoms with Crippen LogP contribution in [-0.2, 0) is 10.3 Å². The summed E-state index contributed by atoms with van der Waals surface area (Å²) >= 11 is 0. The predicted octanol–water partition coefficient (Wildman–Crippen LogP) is 2.06. The summed E-state index contributed by atoms with van der Waals surface area (Å²) in [6, 6.07) is 8.43. The van der Waals surface area contributed by atoms with Gasteiger partial charge in [0.15, 0.2) is 0 Å². The summed E-state index contributed by atoms with van der Waals surface area (Å²) in [4.78, 5) is 12.6. The van der Waals surface area contributed by atoms with E-state index >= 15 is 0 Å². The van der Waals surface area contributed by atoms with Crippen LogP contribution in [0.5, 0.6) is 0 Å². The second-order valence-corrected chi connectivity index (χ2v) is 7.29. The molecule has 4 nitrogen and oxygen atoms in total. The Balaban J connectivity index is 1.59. The number of hydrogen-bond acceptors (Lipinski definition) is 2. The van der Waals surface area contributed by atoms with Crippen LogP contribution in [-0.4, -0.2) is 23.4 Å². The van der Waals surface area contributed by atoms with Crippen LogP contribution < -0.4 is 10.6 Å². The second-order valence-electron chi connectivity index (χ2n) is 7.29. The number of piperidine rings is 1. The molecular weight excluding hydrogens is 274 g/mol. The van der Waals surface area contributed by atoms with Crippen LogP contribution in [0.15, 0.2) is 30.5 Å². The Hall–Kier alpha value is -1.81. The molecule has 2 aromatic rings. The van der Waals surface area contributed by atoms with E-state index in [0.717, 1.165) is 18.8 Å². The molecule has 116 valence electrons. The van der Waals surface area contributed by atoms with E-state index in [2.05, 4.69) is 66.3 Å². The van der Waals surface area contributed by atoms with Gasteiger partial charge in [-0.25, -0.2) is 0 Å². The number of nitrogens with zero attached hydrogens (tertiary/aromatic N) is 1. The largest absolute Gasteiger partial charge is 0.345 e. The van der Waals surface area contributed by atoms with Gasteiger partial charge in [0.05, 0.1) is 5.54 Å². The highest BCUT2D eigenvalue weighted by Gasteiger charge is 2.57. The lowest BCUT2D eigenvalue weighted by atomic mass is 10.00. The Morgan fingerprint density at radius 2 is 2.00 bits per heavy atom. The van der Waals surface area contributed by atoms with Crippen molar-refractivity contribution in [2.75, 3.05) is 13.1 Å². The lowest BCUT2D eigenvalue weighted by Gasteiger charge is -2.27. The molecule has 0 spiro atoms. The van der Waals surface area contributed by atoms with Crippen LogP contribution in [0, 0.1) is 24.7 Å². The monoisotopic (exact) mass is 297 g/mol. The van der Waals surface area contributed by atoms with Gasteiger partial charge in [-0.15, -0.1) is 0 Å². The maximum atomic E-state index is 12.6. The van der Waals surface area contributed by atoms with Crippen molar-refractivity contribution in [1.29, 1.82) is 0 Å². The molecule has 2 unspecified atom stereocenters. The molecule has 1 aliphatic carbocycles. The number of carbonyl (C=O) groups is 1. The van der Waals surface area contributed by atoms with Crippen LogP contribution in [0.2, 0.25) is 0 Å². The number of carbonyl (C=O) groups excluding carboxylic acids is 1. The predicted molar refractivity (Wildman–Crippen MR) is 86.6 cm³/mol. The van der Waals surface area contributed by atoms with Gasteiger partial charge >= 0.3 is 0 Å². The number of nitrogens with one attached hydrogen (secondary N) is 2. The first-order valence-corrected chi connectivity index (χ1v) is 8.09. The molecule has 2 fully saturated rings. The van der Waals surface area contributed by atoms with E-state index < -0.39 is 0 Å². The average molecular weight is 297 g/mol. The first kappa shape index (κ1) is 13.8. The molecule has 4 rings (SSSR count). The van der Waals surface area contributed by atoms with Crippen molar-refractivity contribution in [3.05, 3.63) is 41.7 Å². The molecule has 0 radical (unpaired) electrons. The Bertz CT molecular complexity index is 736. The van der Waals surface area contributed by atoms with Crippen molar-refractivity contribution in [2.45, 2.75) is 26.3 Å². The molecule has 2 aliphatic rings. The third-order valence-electron chi connectivity index (χ3n) is 5.37. The average Bonchev–Trinajstić information content (AvgIpc) is 2.85. The SMILES string of the molecule is Cc1cccn2c(C(C)(C)NC(=O)C3C4CNCC43)ccc12. The van der Waals surface area contributed by atoms with Gasteiger partial charge < -0.3 is 15.0 Å². The van der Waals surface area contributed by atoms with Gasteiger partial charge in [-0.2, -0.15) is 0 Å². The summed E-state index contributed by atoms with van der Waals surface area (Å²) in [6.07, 6.45) is 2.07. The maximum Gasteiger partial charge on any atom is 0.224 e. The van der Waals surface area contributed by atoms with E-state index in [4.69, 9.17) is 0 Å². The first-order valence-electron chi connectivity index (χ1n) is 8.09. The molecule has 1 aliphatic heterocycles. The quantitative estimate of drug-likeness (QED) is 0.911. The van der Waals surface area contributed by atoms with Crippen LogP contribution in [0.25, 0.3) is 5.52 Å². The summed E-state index contributed by atoms with van der Waals surface area (Å²) in [7, 11) is 0. The number of rotatable bonds is 3. The number of aromatic nitrogens is 1. The highest BCUT2D eigenvalue weighted by Crippen LogP contribution is 2.49. The highest BCUT2D eigenvalue weighted by molar-refractivity contribution is 5.83. The van der Waals surface area contributed by atoms with Gasteiger partial charge in [-0.1, -0.05) is 6.07 Å². The number of amides is 1. The minimum absolute atomic E-state index is 0.212. The number of pyridine rings is 1. The minimum Gasteiger partial charge on any atom is -0.345 e. The van der Waals surface area contributed by atoms with E-state index in [0.29, 0.717) is 11.8 Å². The third-order valence-corrected chi connectivity index (χ3v) is 5.37. The zero-order valence-corrected chi connectivity index (χ0v) is 13.4. The Labute approximate surface area is 130 Å². The van der Waals surface area contributed by atoms with Gasteiger partial charge in [0.1, 0.15) is 0 Å². The zero-order valence-electron chi connectivity index (χ0n) is 13.4. The number of fused-ring (bicyclic) bond motifs is 2. The van der Waals surface area contributed by atoms with E-state index in [9.17, 15) is 4.79 Å². The van der Waals surface area contributed by atoms with Crippen molar-refractivity contribution in [3.63, 3.8) is 0 Å². The lowest BCUT2D eigenvalue weighted by Crippen LogP contribution is -2.43. The molecule has 1 saturated carbocycles. The standard InChI is InChI=1S/C18H23N3O/c1-11-5-4-8-21-14(11)6-7-15(21)18(2,3)20-17(22)16-12-9-19-10-13(12)16/h4-8,12-13,16,19H,9-10H2,1-3H3,(H,20,22). The molecule has 2 N–H and O–H groups in total. The van der Waals surface area contributed by atoms with Crippen molar-refractivity contribution >= 4 is 11.4 Å². The normalized spacial score (nSPS) is 27.0. The van der Waals surface area contributed by atoms with Crippen molar-refractivity contribution < 1.29 is 4.79 Å². The van der Waals surface area contributed by atoms with Crippen molar-refractivity contribution in [2.24, 2.45) is 17.8 Å². The molecule has 3 heterocycles. The summed E-state index contributed by atoms with van der Waals surface area (Å²) in [5.41, 5.74) is 3.20. The molecular formula is C18H23N3O. The molecule has 4 heteroatoms. The first-order chi connectivity index (χ1) is 10.5. The van der Waals surface area contributed by atoms with Crippen LogP contribution in [0.3, 0.4) is 0 Å². The summed E-state index contributed by atoms with van der Waals surface area (Å²) in [5.74, 6) is 1.54. The van der Waals surface area contributed by atoms with E-state index in [1.54, 1.807) is 0 Å². The summed E-state index contributed by atoms with van der Waals surface area (Å²) in [6.45, 7) is 8.28. The van der Waals surface area contributed by atoms with Crippen LogP contribution in [0.1, 0.15) is 25.1 Å². The van der Waals surface area contributed by atoms with Crippen LogP contribution >= 0.6 is 0 Å². The maximum absolute atomic E-state index is 12.6. The molecule has 2 atom stereocenters. The van der Waals surface area contributed by atoms with Gasteiger partial charge in [-0.3, -0.25) is 4.79 Å². The fourth-order valence-electron chi connectivity index (χ4n) is 4.06.